The SMILES string of the molecule is Cc1ccc(-c2cc(C(=O)O)[nH]n2)cc1C(F)F. The number of hydrogen-bond donors (Lipinski definition) is 2. The first-order valence-electron chi connectivity index (χ1n) is 5.17. The molecule has 0 atom stereocenters. The van der Waals surface area contributed by atoms with E-state index in [9.17, 15) is 13.6 Å². The van der Waals surface area contributed by atoms with E-state index in [1.54, 1.807) is 19.1 Å². The summed E-state index contributed by atoms with van der Waals surface area (Å²) >= 11 is 0. The summed E-state index contributed by atoms with van der Waals surface area (Å²) in [6, 6.07) is 5.82. The number of aromatic amines is 1. The van der Waals surface area contributed by atoms with E-state index >= 15 is 0 Å². The fourth-order valence-electron chi connectivity index (χ4n) is 1.61. The van der Waals surface area contributed by atoms with Crippen LogP contribution in [0.3, 0.4) is 0 Å². The molecule has 2 aromatic rings. The first-order chi connectivity index (χ1) is 8.49. The average molecular weight is 252 g/mol. The number of H-pyrrole nitrogens is 1. The quantitative estimate of drug-likeness (QED) is 0.882. The van der Waals surface area contributed by atoms with Crippen molar-refractivity contribution in [2.75, 3.05) is 0 Å². The number of aromatic carboxylic acids is 1. The number of alkyl halides is 2. The summed E-state index contributed by atoms with van der Waals surface area (Å²) in [5, 5.41) is 14.9. The van der Waals surface area contributed by atoms with E-state index in [1.807, 2.05) is 0 Å². The van der Waals surface area contributed by atoms with Crippen molar-refractivity contribution >= 4 is 5.97 Å². The number of rotatable bonds is 3. The molecule has 0 aliphatic heterocycles. The lowest BCUT2D eigenvalue weighted by molar-refractivity contribution is 0.0690. The summed E-state index contributed by atoms with van der Waals surface area (Å²) in [7, 11) is 0. The summed E-state index contributed by atoms with van der Waals surface area (Å²) in [4.78, 5) is 10.7. The van der Waals surface area contributed by atoms with Gasteiger partial charge in [-0.2, -0.15) is 5.10 Å². The minimum atomic E-state index is -2.57. The second-order valence-corrected chi connectivity index (χ2v) is 3.84. The number of carboxylic acid groups (broad SMARTS) is 1. The number of carbonyl (C=O) groups is 1. The third-order valence-electron chi connectivity index (χ3n) is 2.62. The Morgan fingerprint density at radius 3 is 2.67 bits per heavy atom. The van der Waals surface area contributed by atoms with E-state index in [4.69, 9.17) is 5.11 Å². The molecule has 0 fully saturated rings. The van der Waals surface area contributed by atoms with Gasteiger partial charge in [0.25, 0.3) is 6.43 Å². The molecule has 4 nitrogen and oxygen atoms in total. The van der Waals surface area contributed by atoms with Crippen LogP contribution >= 0.6 is 0 Å². The van der Waals surface area contributed by atoms with Crippen molar-refractivity contribution < 1.29 is 18.7 Å². The Morgan fingerprint density at radius 2 is 2.11 bits per heavy atom. The predicted octanol–water partition coefficient (Wildman–Crippen LogP) is 3.02. The zero-order valence-corrected chi connectivity index (χ0v) is 9.45. The van der Waals surface area contributed by atoms with Crippen LogP contribution in [0.5, 0.6) is 0 Å². The zero-order chi connectivity index (χ0) is 13.3. The lowest BCUT2D eigenvalue weighted by atomic mass is 10.0. The number of hydrogen-bond acceptors (Lipinski definition) is 2. The molecule has 94 valence electrons. The Morgan fingerprint density at radius 1 is 1.39 bits per heavy atom. The molecule has 0 amide bonds. The number of carboxylic acids is 1. The van der Waals surface area contributed by atoms with Gasteiger partial charge < -0.3 is 5.11 Å². The summed E-state index contributed by atoms with van der Waals surface area (Å²) in [6.45, 7) is 1.60. The largest absolute Gasteiger partial charge is 0.477 e. The highest BCUT2D eigenvalue weighted by molar-refractivity contribution is 5.86. The summed E-state index contributed by atoms with van der Waals surface area (Å²) in [5.41, 5.74) is 1.12. The van der Waals surface area contributed by atoms with E-state index in [0.717, 1.165) is 0 Å². The smallest absolute Gasteiger partial charge is 0.353 e. The molecule has 0 aliphatic carbocycles. The van der Waals surface area contributed by atoms with E-state index in [0.29, 0.717) is 16.8 Å². The van der Waals surface area contributed by atoms with E-state index in [2.05, 4.69) is 10.2 Å². The van der Waals surface area contributed by atoms with Gasteiger partial charge in [-0.05, 0) is 24.6 Å². The van der Waals surface area contributed by atoms with Gasteiger partial charge in [-0.25, -0.2) is 13.6 Å². The maximum atomic E-state index is 12.7. The second kappa shape index (κ2) is 4.56. The van der Waals surface area contributed by atoms with Crippen LogP contribution in [0.15, 0.2) is 24.3 Å². The van der Waals surface area contributed by atoms with Crippen molar-refractivity contribution in [1.82, 2.24) is 10.2 Å². The lowest BCUT2D eigenvalue weighted by Crippen LogP contribution is -1.95. The molecule has 1 aromatic heterocycles. The van der Waals surface area contributed by atoms with Crippen LogP contribution in [0.2, 0.25) is 0 Å². The normalized spacial score (nSPS) is 10.9. The fraction of sp³-hybridized carbons (Fsp3) is 0.167. The van der Waals surface area contributed by atoms with E-state index in [-0.39, 0.29) is 11.3 Å². The molecule has 1 aromatic carbocycles. The van der Waals surface area contributed by atoms with E-state index in [1.165, 1.54) is 12.1 Å². The lowest BCUT2D eigenvalue weighted by Gasteiger charge is -2.06. The number of aryl methyl sites for hydroxylation is 1. The van der Waals surface area contributed by atoms with Gasteiger partial charge in [-0.15, -0.1) is 0 Å². The van der Waals surface area contributed by atoms with Crippen LogP contribution in [0.1, 0.15) is 28.0 Å². The van der Waals surface area contributed by atoms with Gasteiger partial charge >= 0.3 is 5.97 Å². The highest BCUT2D eigenvalue weighted by Gasteiger charge is 2.14. The summed E-state index contributed by atoms with van der Waals surface area (Å²) in [5.74, 6) is -1.14. The van der Waals surface area contributed by atoms with Gasteiger partial charge in [-0.3, -0.25) is 5.10 Å². The molecule has 0 bridgehead atoms. The van der Waals surface area contributed by atoms with Crippen LogP contribution in [-0.4, -0.2) is 21.3 Å². The molecule has 6 heteroatoms. The van der Waals surface area contributed by atoms with Crippen LogP contribution in [0, 0.1) is 6.92 Å². The molecular formula is C12H10F2N2O2. The topological polar surface area (TPSA) is 66.0 Å². The number of nitrogens with zero attached hydrogens (tertiary/aromatic N) is 1. The van der Waals surface area contributed by atoms with Crippen LogP contribution in [-0.2, 0) is 0 Å². The highest BCUT2D eigenvalue weighted by atomic mass is 19.3. The van der Waals surface area contributed by atoms with E-state index < -0.39 is 12.4 Å². The van der Waals surface area contributed by atoms with Crippen LogP contribution in [0.25, 0.3) is 11.3 Å². The molecule has 0 spiro atoms. The molecule has 0 saturated heterocycles. The first-order valence-corrected chi connectivity index (χ1v) is 5.17. The fourth-order valence-corrected chi connectivity index (χ4v) is 1.61. The number of halogens is 2. The van der Waals surface area contributed by atoms with Crippen molar-refractivity contribution in [3.05, 3.63) is 41.1 Å². The van der Waals surface area contributed by atoms with Crippen molar-refractivity contribution in [3.8, 4) is 11.3 Å². The van der Waals surface area contributed by atoms with Crippen molar-refractivity contribution in [1.29, 1.82) is 0 Å². The molecule has 2 rings (SSSR count). The van der Waals surface area contributed by atoms with Crippen molar-refractivity contribution in [3.63, 3.8) is 0 Å². The molecule has 1 heterocycles. The van der Waals surface area contributed by atoms with Crippen molar-refractivity contribution in [2.24, 2.45) is 0 Å². The molecule has 0 radical (unpaired) electrons. The molecule has 0 saturated carbocycles. The monoisotopic (exact) mass is 252 g/mol. The summed E-state index contributed by atoms with van der Waals surface area (Å²) in [6.07, 6.45) is -2.57. The van der Waals surface area contributed by atoms with Gasteiger partial charge in [0.05, 0.1) is 5.69 Å². The Labute approximate surface area is 101 Å². The minimum Gasteiger partial charge on any atom is -0.477 e. The molecule has 0 aliphatic rings. The Bertz CT molecular complexity index is 594. The van der Waals surface area contributed by atoms with Gasteiger partial charge in [0.2, 0.25) is 0 Å². The molecular weight excluding hydrogens is 242 g/mol. The third kappa shape index (κ3) is 2.22. The van der Waals surface area contributed by atoms with Gasteiger partial charge in [0, 0.05) is 11.1 Å². The standard InChI is InChI=1S/C12H10F2N2O2/c1-6-2-3-7(4-8(6)11(13)14)9-5-10(12(17)18)16-15-9/h2-5,11H,1H3,(H,15,16)(H,17,18). The Hall–Kier alpha value is -2.24. The second-order valence-electron chi connectivity index (χ2n) is 3.84. The third-order valence-corrected chi connectivity index (χ3v) is 2.62. The van der Waals surface area contributed by atoms with Crippen molar-refractivity contribution in [2.45, 2.75) is 13.3 Å². The molecule has 2 N–H and O–H groups in total. The Kier molecular flexibility index (Phi) is 3.10. The molecule has 18 heavy (non-hydrogen) atoms. The number of aromatic nitrogens is 2. The van der Waals surface area contributed by atoms with Gasteiger partial charge in [0.1, 0.15) is 5.69 Å². The Balaban J connectivity index is 2.44. The van der Waals surface area contributed by atoms with Crippen LogP contribution in [0.4, 0.5) is 8.78 Å². The first kappa shape index (κ1) is 12.2. The highest BCUT2D eigenvalue weighted by Crippen LogP contribution is 2.27. The number of benzene rings is 1. The van der Waals surface area contributed by atoms with Gasteiger partial charge in [-0.1, -0.05) is 12.1 Å². The maximum absolute atomic E-state index is 12.7. The zero-order valence-electron chi connectivity index (χ0n) is 9.45. The number of nitrogens with one attached hydrogen (secondary N) is 1. The van der Waals surface area contributed by atoms with Crippen LogP contribution < -0.4 is 0 Å². The summed E-state index contributed by atoms with van der Waals surface area (Å²) < 4.78 is 25.5. The average Bonchev–Trinajstić information content (AvgIpc) is 2.78. The predicted molar refractivity (Wildman–Crippen MR) is 60.7 cm³/mol. The maximum Gasteiger partial charge on any atom is 0.353 e. The van der Waals surface area contributed by atoms with Gasteiger partial charge in [0.15, 0.2) is 0 Å². The minimum absolute atomic E-state index is 0.0765. The molecule has 0 unspecified atom stereocenters.